The zero-order valence-electron chi connectivity index (χ0n) is 10.9. The Kier molecular flexibility index (Phi) is 6.90. The number of rotatable bonds is 7. The number of esters is 1. The molecule has 0 aromatic rings. The monoisotopic (exact) mass is 240 g/mol. The van der Waals surface area contributed by atoms with Gasteiger partial charge >= 0.3 is 5.97 Å². The largest absolute Gasteiger partial charge is 0.466 e. The van der Waals surface area contributed by atoms with Crippen molar-refractivity contribution in [3.8, 4) is 0 Å². The SMILES string of the molecule is CCCCCOC(=O)CCC1CCCCC1=O. The highest BCUT2D eigenvalue weighted by molar-refractivity contribution is 5.82. The Labute approximate surface area is 104 Å². The van der Waals surface area contributed by atoms with E-state index in [4.69, 9.17) is 4.74 Å². The van der Waals surface area contributed by atoms with Crippen molar-refractivity contribution in [2.45, 2.75) is 64.7 Å². The van der Waals surface area contributed by atoms with Crippen molar-refractivity contribution in [2.75, 3.05) is 6.61 Å². The summed E-state index contributed by atoms with van der Waals surface area (Å²) in [6.07, 6.45) is 8.10. The van der Waals surface area contributed by atoms with E-state index in [1.807, 2.05) is 0 Å². The second-order valence-corrected chi connectivity index (χ2v) is 4.88. The molecule has 1 atom stereocenters. The van der Waals surface area contributed by atoms with E-state index in [-0.39, 0.29) is 11.9 Å². The average molecular weight is 240 g/mol. The van der Waals surface area contributed by atoms with Crippen molar-refractivity contribution in [1.82, 2.24) is 0 Å². The predicted octanol–water partition coefficient (Wildman–Crippen LogP) is 3.26. The molecule has 3 nitrogen and oxygen atoms in total. The third-order valence-corrected chi connectivity index (χ3v) is 3.39. The summed E-state index contributed by atoms with van der Waals surface area (Å²) < 4.78 is 5.12. The van der Waals surface area contributed by atoms with E-state index < -0.39 is 0 Å². The van der Waals surface area contributed by atoms with Gasteiger partial charge in [0, 0.05) is 18.8 Å². The molecular weight excluding hydrogens is 216 g/mol. The van der Waals surface area contributed by atoms with Crippen molar-refractivity contribution in [3.63, 3.8) is 0 Å². The molecular formula is C14H24O3. The highest BCUT2D eigenvalue weighted by Crippen LogP contribution is 2.24. The van der Waals surface area contributed by atoms with Crippen LogP contribution in [-0.2, 0) is 14.3 Å². The normalized spacial score (nSPS) is 20.3. The fourth-order valence-corrected chi connectivity index (χ4v) is 2.26. The lowest BCUT2D eigenvalue weighted by Crippen LogP contribution is -2.20. The Morgan fingerprint density at radius 3 is 2.88 bits per heavy atom. The number of Topliss-reactive ketones (excluding diaryl/α,β-unsaturated/α-hetero) is 1. The highest BCUT2D eigenvalue weighted by Gasteiger charge is 2.22. The lowest BCUT2D eigenvalue weighted by atomic mass is 9.85. The van der Waals surface area contributed by atoms with Gasteiger partial charge in [-0.1, -0.05) is 26.2 Å². The number of hydrogen-bond acceptors (Lipinski definition) is 3. The highest BCUT2D eigenvalue weighted by atomic mass is 16.5. The lowest BCUT2D eigenvalue weighted by Gasteiger charge is -2.19. The summed E-state index contributed by atoms with van der Waals surface area (Å²) in [5, 5.41) is 0. The van der Waals surface area contributed by atoms with Crippen LogP contribution in [0.3, 0.4) is 0 Å². The summed E-state index contributed by atoms with van der Waals surface area (Å²) in [6, 6.07) is 0. The Balaban J connectivity index is 2.08. The molecule has 1 unspecified atom stereocenters. The third-order valence-electron chi connectivity index (χ3n) is 3.39. The summed E-state index contributed by atoms with van der Waals surface area (Å²) >= 11 is 0. The maximum Gasteiger partial charge on any atom is 0.305 e. The third kappa shape index (κ3) is 5.85. The van der Waals surface area contributed by atoms with E-state index in [0.717, 1.165) is 38.5 Å². The lowest BCUT2D eigenvalue weighted by molar-refractivity contribution is -0.144. The summed E-state index contributed by atoms with van der Waals surface area (Å²) in [6.45, 7) is 2.65. The van der Waals surface area contributed by atoms with Crippen molar-refractivity contribution in [1.29, 1.82) is 0 Å². The van der Waals surface area contributed by atoms with E-state index >= 15 is 0 Å². The van der Waals surface area contributed by atoms with Crippen LogP contribution >= 0.6 is 0 Å². The Hall–Kier alpha value is -0.860. The molecule has 98 valence electrons. The van der Waals surface area contributed by atoms with Crippen molar-refractivity contribution in [3.05, 3.63) is 0 Å². The van der Waals surface area contributed by atoms with Gasteiger partial charge in [-0.15, -0.1) is 0 Å². The number of hydrogen-bond donors (Lipinski definition) is 0. The van der Waals surface area contributed by atoms with Crippen LogP contribution in [0.1, 0.15) is 64.7 Å². The van der Waals surface area contributed by atoms with Gasteiger partial charge in [-0.2, -0.15) is 0 Å². The first-order valence-corrected chi connectivity index (χ1v) is 6.92. The number of unbranched alkanes of at least 4 members (excludes halogenated alkanes) is 2. The molecule has 1 rings (SSSR count). The molecule has 0 bridgehead atoms. The van der Waals surface area contributed by atoms with Gasteiger partial charge in [0.05, 0.1) is 6.61 Å². The number of carbonyl (C=O) groups excluding carboxylic acids is 2. The second kappa shape index (κ2) is 8.26. The number of ketones is 1. The van der Waals surface area contributed by atoms with Gasteiger partial charge in [0.2, 0.25) is 0 Å². The van der Waals surface area contributed by atoms with Crippen LogP contribution in [0.5, 0.6) is 0 Å². The van der Waals surface area contributed by atoms with Crippen molar-refractivity contribution < 1.29 is 14.3 Å². The molecule has 0 aliphatic heterocycles. The fraction of sp³-hybridized carbons (Fsp3) is 0.857. The van der Waals surface area contributed by atoms with E-state index in [9.17, 15) is 9.59 Å². The molecule has 0 aromatic carbocycles. The van der Waals surface area contributed by atoms with Gasteiger partial charge in [0.15, 0.2) is 0 Å². The van der Waals surface area contributed by atoms with E-state index in [0.29, 0.717) is 31.7 Å². The van der Waals surface area contributed by atoms with Gasteiger partial charge in [-0.3, -0.25) is 9.59 Å². The fourth-order valence-electron chi connectivity index (χ4n) is 2.26. The summed E-state index contributed by atoms with van der Waals surface area (Å²) in [5.41, 5.74) is 0. The summed E-state index contributed by atoms with van der Waals surface area (Å²) in [4.78, 5) is 23.0. The molecule has 1 saturated carbocycles. The van der Waals surface area contributed by atoms with Gasteiger partial charge in [0.25, 0.3) is 0 Å². The Bertz CT molecular complexity index is 248. The molecule has 1 fully saturated rings. The predicted molar refractivity (Wildman–Crippen MR) is 66.7 cm³/mol. The minimum Gasteiger partial charge on any atom is -0.466 e. The topological polar surface area (TPSA) is 43.4 Å². The first kappa shape index (κ1) is 14.2. The van der Waals surface area contributed by atoms with Crippen molar-refractivity contribution in [2.24, 2.45) is 5.92 Å². The van der Waals surface area contributed by atoms with Gasteiger partial charge in [-0.05, 0) is 25.7 Å². The number of ether oxygens (including phenoxy) is 1. The molecule has 0 spiro atoms. The molecule has 17 heavy (non-hydrogen) atoms. The zero-order chi connectivity index (χ0) is 12.5. The summed E-state index contributed by atoms with van der Waals surface area (Å²) in [5.74, 6) is 0.321. The Morgan fingerprint density at radius 1 is 1.35 bits per heavy atom. The molecule has 3 heteroatoms. The molecule has 0 N–H and O–H groups in total. The molecule has 1 aliphatic rings. The van der Waals surface area contributed by atoms with Gasteiger partial charge in [-0.25, -0.2) is 0 Å². The average Bonchev–Trinajstić information content (AvgIpc) is 2.34. The maximum atomic E-state index is 11.6. The van der Waals surface area contributed by atoms with Crippen LogP contribution in [0.15, 0.2) is 0 Å². The van der Waals surface area contributed by atoms with Crippen LogP contribution in [0.4, 0.5) is 0 Å². The molecule has 0 radical (unpaired) electrons. The van der Waals surface area contributed by atoms with Gasteiger partial charge in [0.1, 0.15) is 5.78 Å². The maximum absolute atomic E-state index is 11.6. The smallest absolute Gasteiger partial charge is 0.305 e. The number of carbonyl (C=O) groups is 2. The van der Waals surface area contributed by atoms with Crippen LogP contribution in [0.2, 0.25) is 0 Å². The van der Waals surface area contributed by atoms with E-state index in [1.165, 1.54) is 0 Å². The van der Waals surface area contributed by atoms with E-state index in [1.54, 1.807) is 0 Å². The Morgan fingerprint density at radius 2 is 2.18 bits per heavy atom. The summed E-state index contributed by atoms with van der Waals surface area (Å²) in [7, 11) is 0. The molecule has 0 aromatic heterocycles. The van der Waals surface area contributed by atoms with Gasteiger partial charge < -0.3 is 4.74 Å². The minimum absolute atomic E-state index is 0.118. The van der Waals surface area contributed by atoms with Crippen LogP contribution in [-0.4, -0.2) is 18.4 Å². The first-order chi connectivity index (χ1) is 8.24. The zero-order valence-corrected chi connectivity index (χ0v) is 10.9. The molecule has 1 aliphatic carbocycles. The molecule has 0 heterocycles. The van der Waals surface area contributed by atoms with E-state index in [2.05, 4.69) is 6.92 Å². The standard InChI is InChI=1S/C14H24O3/c1-2-3-6-11-17-14(16)10-9-12-7-4-5-8-13(12)15/h12H,2-11H2,1H3. The van der Waals surface area contributed by atoms with Crippen LogP contribution in [0, 0.1) is 5.92 Å². The van der Waals surface area contributed by atoms with Crippen LogP contribution < -0.4 is 0 Å². The van der Waals surface area contributed by atoms with Crippen molar-refractivity contribution >= 4 is 11.8 Å². The molecule has 0 amide bonds. The quantitative estimate of drug-likeness (QED) is 0.506. The van der Waals surface area contributed by atoms with Crippen LogP contribution in [0.25, 0.3) is 0 Å². The minimum atomic E-state index is -0.139. The molecule has 0 saturated heterocycles. The first-order valence-electron chi connectivity index (χ1n) is 6.92. The second-order valence-electron chi connectivity index (χ2n) is 4.88.